The number of aliphatic hydroxyl groups is 1. The van der Waals surface area contributed by atoms with Crippen molar-refractivity contribution in [1.82, 2.24) is 9.78 Å². The maximum Gasteiger partial charge on any atom is 0.0884 e. The smallest absolute Gasteiger partial charge is 0.0884 e. The van der Waals surface area contributed by atoms with Gasteiger partial charge in [-0.1, -0.05) is 13.8 Å². The lowest BCUT2D eigenvalue weighted by molar-refractivity contribution is -0.0768. The van der Waals surface area contributed by atoms with Crippen molar-refractivity contribution in [2.24, 2.45) is 0 Å². The zero-order valence-electron chi connectivity index (χ0n) is 12.2. The molecule has 0 radical (unpaired) electrons. The number of methoxy groups -OCH3 is 1. The number of rotatable bonds is 7. The molecule has 1 aromatic heterocycles. The molecule has 18 heavy (non-hydrogen) atoms. The van der Waals surface area contributed by atoms with E-state index in [0.717, 1.165) is 18.5 Å². The van der Waals surface area contributed by atoms with E-state index in [2.05, 4.69) is 18.9 Å². The SMILES string of the molecule is CCC(CC)n1ccc(CC(O)C(C)(C)OC)n1. The highest BCUT2D eigenvalue weighted by Gasteiger charge is 2.28. The second kappa shape index (κ2) is 6.34. The highest BCUT2D eigenvalue weighted by molar-refractivity contribution is 5.03. The van der Waals surface area contributed by atoms with E-state index < -0.39 is 11.7 Å². The van der Waals surface area contributed by atoms with Crippen LogP contribution in [0.4, 0.5) is 0 Å². The Morgan fingerprint density at radius 3 is 2.50 bits per heavy atom. The van der Waals surface area contributed by atoms with Crippen LogP contribution in [0.3, 0.4) is 0 Å². The van der Waals surface area contributed by atoms with Crippen LogP contribution in [-0.4, -0.2) is 33.7 Å². The van der Waals surface area contributed by atoms with Crippen LogP contribution < -0.4 is 0 Å². The minimum absolute atomic E-state index is 0.450. The van der Waals surface area contributed by atoms with Crippen molar-refractivity contribution < 1.29 is 9.84 Å². The number of aromatic nitrogens is 2. The quantitative estimate of drug-likeness (QED) is 0.813. The third-order valence-electron chi connectivity index (χ3n) is 3.71. The third-order valence-corrected chi connectivity index (χ3v) is 3.71. The van der Waals surface area contributed by atoms with Crippen LogP contribution >= 0.6 is 0 Å². The van der Waals surface area contributed by atoms with E-state index >= 15 is 0 Å². The molecule has 0 saturated carbocycles. The predicted octanol–water partition coefficient (Wildman–Crippen LogP) is 2.57. The maximum atomic E-state index is 10.1. The van der Waals surface area contributed by atoms with Gasteiger partial charge in [0.05, 0.1) is 23.4 Å². The summed E-state index contributed by atoms with van der Waals surface area (Å²) >= 11 is 0. The molecule has 4 heteroatoms. The summed E-state index contributed by atoms with van der Waals surface area (Å²) in [6.07, 6.45) is 4.12. The largest absolute Gasteiger partial charge is 0.390 e. The van der Waals surface area contributed by atoms with Gasteiger partial charge in [-0.25, -0.2) is 0 Å². The summed E-state index contributed by atoms with van der Waals surface area (Å²) in [5.74, 6) is 0. The zero-order chi connectivity index (χ0) is 13.8. The van der Waals surface area contributed by atoms with Gasteiger partial charge in [-0.15, -0.1) is 0 Å². The highest BCUT2D eigenvalue weighted by Crippen LogP contribution is 2.19. The first kappa shape index (κ1) is 15.2. The molecule has 0 aromatic carbocycles. The molecule has 0 spiro atoms. The Bertz CT molecular complexity index is 356. The summed E-state index contributed by atoms with van der Waals surface area (Å²) < 4.78 is 7.29. The molecular weight excluding hydrogens is 228 g/mol. The Morgan fingerprint density at radius 1 is 1.39 bits per heavy atom. The molecule has 0 aliphatic rings. The number of hydrogen-bond donors (Lipinski definition) is 1. The Hall–Kier alpha value is -0.870. The van der Waals surface area contributed by atoms with E-state index in [0.29, 0.717) is 12.5 Å². The molecule has 4 nitrogen and oxygen atoms in total. The monoisotopic (exact) mass is 254 g/mol. The van der Waals surface area contributed by atoms with Crippen molar-refractivity contribution >= 4 is 0 Å². The van der Waals surface area contributed by atoms with E-state index in [1.807, 2.05) is 30.8 Å². The van der Waals surface area contributed by atoms with Crippen LogP contribution in [0.25, 0.3) is 0 Å². The number of hydrogen-bond acceptors (Lipinski definition) is 3. The molecule has 104 valence electrons. The summed E-state index contributed by atoms with van der Waals surface area (Å²) in [4.78, 5) is 0. The summed E-state index contributed by atoms with van der Waals surface area (Å²) in [7, 11) is 1.62. The van der Waals surface area contributed by atoms with Crippen LogP contribution in [-0.2, 0) is 11.2 Å². The topological polar surface area (TPSA) is 47.3 Å². The molecule has 0 bridgehead atoms. The van der Waals surface area contributed by atoms with E-state index in [1.165, 1.54) is 0 Å². The lowest BCUT2D eigenvalue weighted by atomic mass is 9.97. The predicted molar refractivity (Wildman–Crippen MR) is 72.6 cm³/mol. The molecule has 0 saturated heterocycles. The van der Waals surface area contributed by atoms with Crippen LogP contribution in [0.2, 0.25) is 0 Å². The summed E-state index contributed by atoms with van der Waals surface area (Å²) in [6.45, 7) is 8.10. The van der Waals surface area contributed by atoms with Gasteiger partial charge in [-0.2, -0.15) is 5.10 Å². The average molecular weight is 254 g/mol. The molecule has 0 aliphatic heterocycles. The van der Waals surface area contributed by atoms with Gasteiger partial charge in [0.1, 0.15) is 0 Å². The summed E-state index contributed by atoms with van der Waals surface area (Å²) in [6, 6.07) is 2.43. The number of aliphatic hydroxyl groups excluding tert-OH is 1. The first-order valence-electron chi connectivity index (χ1n) is 6.71. The third kappa shape index (κ3) is 3.56. The molecule has 0 aliphatic carbocycles. The van der Waals surface area contributed by atoms with Gasteiger partial charge in [0.15, 0.2) is 0 Å². The second-order valence-electron chi connectivity index (χ2n) is 5.28. The van der Waals surface area contributed by atoms with Crippen molar-refractivity contribution in [3.63, 3.8) is 0 Å². The Labute approximate surface area is 110 Å². The fraction of sp³-hybridized carbons (Fsp3) is 0.786. The Kier molecular flexibility index (Phi) is 5.35. The highest BCUT2D eigenvalue weighted by atomic mass is 16.5. The van der Waals surface area contributed by atoms with E-state index in [9.17, 15) is 5.11 Å². The van der Waals surface area contributed by atoms with Crippen molar-refractivity contribution in [2.75, 3.05) is 7.11 Å². The lowest BCUT2D eigenvalue weighted by Gasteiger charge is -2.28. The van der Waals surface area contributed by atoms with Gasteiger partial charge < -0.3 is 9.84 Å². The van der Waals surface area contributed by atoms with Crippen LogP contribution in [0.5, 0.6) is 0 Å². The number of ether oxygens (including phenoxy) is 1. The van der Waals surface area contributed by atoms with E-state index in [4.69, 9.17) is 4.74 Å². The van der Waals surface area contributed by atoms with Crippen molar-refractivity contribution in [1.29, 1.82) is 0 Å². The Morgan fingerprint density at radius 2 is 2.00 bits per heavy atom. The van der Waals surface area contributed by atoms with Crippen LogP contribution in [0, 0.1) is 0 Å². The fourth-order valence-electron chi connectivity index (χ4n) is 1.93. The molecule has 1 aromatic rings. The van der Waals surface area contributed by atoms with Crippen molar-refractivity contribution in [3.05, 3.63) is 18.0 Å². The summed E-state index contributed by atoms with van der Waals surface area (Å²) in [5.41, 5.74) is 0.373. The van der Waals surface area contributed by atoms with Gasteiger partial charge in [-0.05, 0) is 32.8 Å². The van der Waals surface area contributed by atoms with Gasteiger partial charge in [0, 0.05) is 19.7 Å². The van der Waals surface area contributed by atoms with Crippen LogP contribution in [0.1, 0.15) is 52.3 Å². The first-order chi connectivity index (χ1) is 8.44. The van der Waals surface area contributed by atoms with Crippen molar-refractivity contribution in [2.45, 2.75) is 64.7 Å². The molecule has 1 unspecified atom stereocenters. The second-order valence-corrected chi connectivity index (χ2v) is 5.28. The van der Waals surface area contributed by atoms with E-state index in [1.54, 1.807) is 7.11 Å². The fourth-order valence-corrected chi connectivity index (χ4v) is 1.93. The first-order valence-corrected chi connectivity index (χ1v) is 6.71. The van der Waals surface area contributed by atoms with Gasteiger partial charge in [-0.3, -0.25) is 4.68 Å². The number of nitrogens with zero attached hydrogens (tertiary/aromatic N) is 2. The van der Waals surface area contributed by atoms with Gasteiger partial charge >= 0.3 is 0 Å². The van der Waals surface area contributed by atoms with Gasteiger partial charge in [0.25, 0.3) is 0 Å². The average Bonchev–Trinajstić information content (AvgIpc) is 2.79. The molecular formula is C14H26N2O2. The van der Waals surface area contributed by atoms with E-state index in [-0.39, 0.29) is 0 Å². The zero-order valence-corrected chi connectivity index (χ0v) is 12.2. The molecule has 1 atom stereocenters. The normalized spacial score (nSPS) is 14.2. The molecule has 1 heterocycles. The minimum Gasteiger partial charge on any atom is -0.390 e. The van der Waals surface area contributed by atoms with Gasteiger partial charge in [0.2, 0.25) is 0 Å². The van der Waals surface area contributed by atoms with Crippen molar-refractivity contribution in [3.8, 4) is 0 Å². The lowest BCUT2D eigenvalue weighted by Crippen LogP contribution is -2.39. The van der Waals surface area contributed by atoms with Crippen LogP contribution in [0.15, 0.2) is 12.3 Å². The summed E-state index contributed by atoms with van der Waals surface area (Å²) in [5, 5.41) is 14.7. The molecule has 0 amide bonds. The standard InChI is InChI=1S/C14H26N2O2/c1-6-12(7-2)16-9-8-11(15-16)10-13(17)14(3,4)18-5/h8-9,12-13,17H,6-7,10H2,1-5H3. The Balaban J connectivity index is 2.70. The molecule has 1 N–H and O–H groups in total. The molecule has 0 fully saturated rings. The maximum absolute atomic E-state index is 10.1. The minimum atomic E-state index is -0.549. The molecule has 1 rings (SSSR count).